The third kappa shape index (κ3) is 3.59. The van der Waals surface area contributed by atoms with Crippen molar-refractivity contribution in [2.45, 2.75) is 13.1 Å². The molecule has 8 heteroatoms. The van der Waals surface area contributed by atoms with E-state index in [1.165, 1.54) is 6.07 Å². The predicted octanol–water partition coefficient (Wildman–Crippen LogP) is 2.75. The molecular weight excluding hydrogens is 289 g/mol. The molecule has 21 heavy (non-hydrogen) atoms. The molecule has 0 radical (unpaired) electrons. The van der Waals surface area contributed by atoms with Gasteiger partial charge in [0.15, 0.2) is 12.4 Å². The van der Waals surface area contributed by atoms with Crippen LogP contribution < -0.4 is 4.74 Å². The molecule has 0 aliphatic rings. The first kappa shape index (κ1) is 15.0. The number of carbonyl (C=O) groups is 1. The summed E-state index contributed by atoms with van der Waals surface area (Å²) in [6, 6.07) is 6.30. The number of esters is 1. The highest BCUT2D eigenvalue weighted by molar-refractivity contribution is 5.97. The second-order valence-electron chi connectivity index (χ2n) is 4.02. The van der Waals surface area contributed by atoms with Gasteiger partial charge in [-0.25, -0.2) is 4.79 Å². The Morgan fingerprint density at radius 1 is 1.24 bits per heavy atom. The van der Waals surface area contributed by atoms with E-state index >= 15 is 0 Å². The van der Waals surface area contributed by atoms with E-state index in [4.69, 9.17) is 9.47 Å². The minimum Gasteiger partial charge on any atom is -0.481 e. The molecule has 0 spiro atoms. The molecule has 0 unspecified atom stereocenters. The van der Waals surface area contributed by atoms with E-state index in [-0.39, 0.29) is 23.4 Å². The van der Waals surface area contributed by atoms with Crippen molar-refractivity contribution >= 4 is 16.9 Å². The standard InChI is InChI=1S/C13H11F3N2O3/c1-2-20-12(19)10-11(21-7-13(14,15)16)8-5-3-4-6-9(8)17-18-10/h3-6H,2,7H2,1H3. The lowest BCUT2D eigenvalue weighted by atomic mass is 10.2. The molecule has 1 heterocycles. The van der Waals surface area contributed by atoms with E-state index in [2.05, 4.69) is 10.2 Å². The highest BCUT2D eigenvalue weighted by Gasteiger charge is 2.30. The third-order valence-electron chi connectivity index (χ3n) is 2.47. The quantitative estimate of drug-likeness (QED) is 0.812. The molecule has 0 bridgehead atoms. The van der Waals surface area contributed by atoms with Gasteiger partial charge >= 0.3 is 12.1 Å². The number of ether oxygens (including phenoxy) is 2. The second-order valence-corrected chi connectivity index (χ2v) is 4.02. The van der Waals surface area contributed by atoms with Crippen LogP contribution >= 0.6 is 0 Å². The number of fused-ring (bicyclic) bond motifs is 1. The fraction of sp³-hybridized carbons (Fsp3) is 0.308. The summed E-state index contributed by atoms with van der Waals surface area (Å²) in [5.74, 6) is -1.16. The van der Waals surface area contributed by atoms with Gasteiger partial charge in [0.05, 0.1) is 12.1 Å². The Morgan fingerprint density at radius 3 is 2.62 bits per heavy atom. The molecule has 1 aromatic carbocycles. The van der Waals surface area contributed by atoms with Crippen molar-refractivity contribution < 1.29 is 27.4 Å². The Morgan fingerprint density at radius 2 is 1.95 bits per heavy atom. The van der Waals surface area contributed by atoms with E-state index in [0.29, 0.717) is 5.52 Å². The molecule has 0 saturated carbocycles. The molecular formula is C13H11F3N2O3. The lowest BCUT2D eigenvalue weighted by molar-refractivity contribution is -0.153. The number of hydrogen-bond acceptors (Lipinski definition) is 5. The van der Waals surface area contributed by atoms with Crippen LogP contribution in [0, 0.1) is 0 Å². The third-order valence-corrected chi connectivity index (χ3v) is 2.47. The predicted molar refractivity (Wildman–Crippen MR) is 67.0 cm³/mol. The second kappa shape index (κ2) is 5.94. The Bertz CT molecular complexity index is 659. The number of aromatic nitrogens is 2. The summed E-state index contributed by atoms with van der Waals surface area (Å²) >= 11 is 0. The van der Waals surface area contributed by atoms with Crippen molar-refractivity contribution in [3.8, 4) is 5.75 Å². The summed E-state index contributed by atoms with van der Waals surface area (Å²) in [6.45, 7) is 0.101. The van der Waals surface area contributed by atoms with E-state index in [1.54, 1.807) is 25.1 Å². The number of alkyl halides is 3. The highest BCUT2D eigenvalue weighted by atomic mass is 19.4. The Balaban J connectivity index is 2.49. The molecule has 0 N–H and O–H groups in total. The van der Waals surface area contributed by atoms with Crippen LogP contribution in [0.5, 0.6) is 5.75 Å². The van der Waals surface area contributed by atoms with Crippen molar-refractivity contribution in [2.24, 2.45) is 0 Å². The van der Waals surface area contributed by atoms with Gasteiger partial charge in [-0.1, -0.05) is 12.1 Å². The first-order chi connectivity index (χ1) is 9.92. The van der Waals surface area contributed by atoms with Gasteiger partial charge in [0.1, 0.15) is 0 Å². The van der Waals surface area contributed by atoms with E-state index < -0.39 is 18.8 Å². The maximum absolute atomic E-state index is 12.3. The topological polar surface area (TPSA) is 61.3 Å². The fourth-order valence-electron chi connectivity index (χ4n) is 1.66. The lowest BCUT2D eigenvalue weighted by Gasteiger charge is -2.13. The summed E-state index contributed by atoms with van der Waals surface area (Å²) in [4.78, 5) is 11.7. The van der Waals surface area contributed by atoms with Crippen molar-refractivity contribution in [3.63, 3.8) is 0 Å². The van der Waals surface area contributed by atoms with Gasteiger partial charge in [-0.3, -0.25) is 0 Å². The van der Waals surface area contributed by atoms with Crippen LogP contribution in [0.4, 0.5) is 13.2 Å². The molecule has 1 aromatic heterocycles. The molecule has 0 atom stereocenters. The van der Waals surface area contributed by atoms with Crippen molar-refractivity contribution in [1.82, 2.24) is 10.2 Å². The number of carbonyl (C=O) groups excluding carboxylic acids is 1. The summed E-state index contributed by atoms with van der Waals surface area (Å²) in [5, 5.41) is 7.65. The summed E-state index contributed by atoms with van der Waals surface area (Å²) in [6.07, 6.45) is -4.53. The lowest BCUT2D eigenvalue weighted by Crippen LogP contribution is -2.21. The monoisotopic (exact) mass is 300 g/mol. The van der Waals surface area contributed by atoms with Crippen LogP contribution in [-0.2, 0) is 4.74 Å². The molecule has 0 aliphatic heterocycles. The van der Waals surface area contributed by atoms with Gasteiger partial charge in [0.25, 0.3) is 0 Å². The highest BCUT2D eigenvalue weighted by Crippen LogP contribution is 2.29. The van der Waals surface area contributed by atoms with Gasteiger partial charge in [-0.05, 0) is 19.1 Å². The first-order valence-electron chi connectivity index (χ1n) is 6.04. The Hall–Kier alpha value is -2.38. The van der Waals surface area contributed by atoms with Crippen molar-refractivity contribution in [3.05, 3.63) is 30.0 Å². The van der Waals surface area contributed by atoms with Crippen molar-refractivity contribution in [2.75, 3.05) is 13.2 Å². The average molecular weight is 300 g/mol. The number of hydrogen-bond donors (Lipinski definition) is 0. The average Bonchev–Trinajstić information content (AvgIpc) is 2.43. The Kier molecular flexibility index (Phi) is 4.25. The zero-order valence-corrected chi connectivity index (χ0v) is 11.0. The first-order valence-corrected chi connectivity index (χ1v) is 6.04. The number of benzene rings is 1. The van der Waals surface area contributed by atoms with Gasteiger partial charge < -0.3 is 9.47 Å². The molecule has 2 rings (SSSR count). The normalized spacial score (nSPS) is 11.4. The van der Waals surface area contributed by atoms with Crippen LogP contribution in [0.15, 0.2) is 24.3 Å². The smallest absolute Gasteiger partial charge is 0.422 e. The van der Waals surface area contributed by atoms with Crippen LogP contribution in [0.1, 0.15) is 17.4 Å². The molecule has 0 saturated heterocycles. The van der Waals surface area contributed by atoms with E-state index in [9.17, 15) is 18.0 Å². The van der Waals surface area contributed by atoms with Crippen LogP contribution in [0.25, 0.3) is 10.9 Å². The Labute approximate surface area is 117 Å². The summed E-state index contributed by atoms with van der Waals surface area (Å²) in [7, 11) is 0. The molecule has 5 nitrogen and oxygen atoms in total. The summed E-state index contributed by atoms with van der Waals surface area (Å²) < 4.78 is 46.5. The fourth-order valence-corrected chi connectivity index (χ4v) is 1.66. The van der Waals surface area contributed by atoms with E-state index in [1.807, 2.05) is 0 Å². The van der Waals surface area contributed by atoms with Gasteiger partial charge in [0, 0.05) is 5.39 Å². The van der Waals surface area contributed by atoms with Gasteiger partial charge in [0.2, 0.25) is 5.69 Å². The maximum Gasteiger partial charge on any atom is 0.422 e. The largest absolute Gasteiger partial charge is 0.481 e. The number of nitrogens with zero attached hydrogens (tertiary/aromatic N) is 2. The van der Waals surface area contributed by atoms with Crippen LogP contribution in [0.3, 0.4) is 0 Å². The minimum atomic E-state index is -4.53. The molecule has 0 amide bonds. The SMILES string of the molecule is CCOC(=O)c1nnc2ccccc2c1OCC(F)(F)F. The molecule has 112 valence electrons. The minimum absolute atomic E-state index is 0.0616. The van der Waals surface area contributed by atoms with Crippen LogP contribution in [-0.4, -0.2) is 35.6 Å². The zero-order valence-electron chi connectivity index (χ0n) is 11.0. The molecule has 2 aromatic rings. The molecule has 0 fully saturated rings. The van der Waals surface area contributed by atoms with Crippen LogP contribution in [0.2, 0.25) is 0 Å². The number of rotatable bonds is 4. The maximum atomic E-state index is 12.3. The number of halogens is 3. The molecule has 0 aliphatic carbocycles. The van der Waals surface area contributed by atoms with E-state index in [0.717, 1.165) is 0 Å². The van der Waals surface area contributed by atoms with Gasteiger partial charge in [-0.2, -0.15) is 13.2 Å². The summed E-state index contributed by atoms with van der Waals surface area (Å²) in [5.41, 5.74) is -0.0532. The van der Waals surface area contributed by atoms with Gasteiger partial charge in [-0.15, -0.1) is 10.2 Å². The van der Waals surface area contributed by atoms with Crippen molar-refractivity contribution in [1.29, 1.82) is 0 Å². The zero-order chi connectivity index (χ0) is 15.5.